The Labute approximate surface area is 142 Å². The number of rotatable bonds is 5. The standard InChI is InChI=1S/C19H23N3O2/c1-20-12-15-4-3-11-22(14-15)19(23)16-6-8-17(9-7-16)24-18-5-2-10-21-13-18/h2,5-10,13,15,20H,3-4,11-12,14H2,1H3/t15-/m1/s1. The molecule has 2 heterocycles. The van der Waals surface area contributed by atoms with Crippen molar-refractivity contribution in [3.05, 3.63) is 54.4 Å². The Morgan fingerprint density at radius 2 is 2.12 bits per heavy atom. The molecule has 126 valence electrons. The van der Waals surface area contributed by atoms with Gasteiger partial charge in [-0.3, -0.25) is 9.78 Å². The highest BCUT2D eigenvalue weighted by atomic mass is 16.5. The average Bonchev–Trinajstić information content (AvgIpc) is 2.63. The number of hydrogen-bond donors (Lipinski definition) is 1. The molecule has 0 bridgehead atoms. The van der Waals surface area contributed by atoms with Crippen LogP contribution in [-0.2, 0) is 0 Å². The highest BCUT2D eigenvalue weighted by Crippen LogP contribution is 2.22. The van der Waals surface area contributed by atoms with E-state index in [9.17, 15) is 4.79 Å². The van der Waals surface area contributed by atoms with Crippen molar-refractivity contribution in [1.29, 1.82) is 0 Å². The second-order valence-corrected chi connectivity index (χ2v) is 6.13. The van der Waals surface area contributed by atoms with Crippen LogP contribution in [0.2, 0.25) is 0 Å². The zero-order valence-electron chi connectivity index (χ0n) is 13.9. The Morgan fingerprint density at radius 3 is 2.83 bits per heavy atom. The number of hydrogen-bond acceptors (Lipinski definition) is 4. The normalized spacial score (nSPS) is 17.5. The number of carbonyl (C=O) groups is 1. The van der Waals surface area contributed by atoms with Crippen LogP contribution in [0.5, 0.6) is 11.5 Å². The first-order chi connectivity index (χ1) is 11.8. The zero-order valence-corrected chi connectivity index (χ0v) is 13.9. The van der Waals surface area contributed by atoms with Gasteiger partial charge in [0.25, 0.3) is 5.91 Å². The molecular weight excluding hydrogens is 302 g/mol. The molecule has 5 nitrogen and oxygen atoms in total. The third-order valence-electron chi connectivity index (χ3n) is 4.27. The molecule has 5 heteroatoms. The molecule has 1 amide bonds. The van der Waals surface area contributed by atoms with Gasteiger partial charge in [-0.05, 0) is 68.8 Å². The quantitative estimate of drug-likeness (QED) is 0.918. The number of nitrogens with zero attached hydrogens (tertiary/aromatic N) is 2. The fourth-order valence-electron chi connectivity index (χ4n) is 3.10. The number of aromatic nitrogens is 1. The summed E-state index contributed by atoms with van der Waals surface area (Å²) in [6, 6.07) is 11.0. The van der Waals surface area contributed by atoms with E-state index in [1.165, 1.54) is 6.42 Å². The summed E-state index contributed by atoms with van der Waals surface area (Å²) in [5.74, 6) is 2.03. The van der Waals surface area contributed by atoms with Gasteiger partial charge in [0.15, 0.2) is 0 Å². The molecule has 1 N–H and O–H groups in total. The van der Waals surface area contributed by atoms with Crippen LogP contribution in [0.3, 0.4) is 0 Å². The van der Waals surface area contributed by atoms with Crippen molar-refractivity contribution >= 4 is 5.91 Å². The van der Waals surface area contributed by atoms with E-state index in [0.29, 0.717) is 23.0 Å². The molecule has 3 rings (SSSR count). The smallest absolute Gasteiger partial charge is 0.253 e. The summed E-state index contributed by atoms with van der Waals surface area (Å²) in [6.07, 6.45) is 5.62. The zero-order chi connectivity index (χ0) is 16.8. The fraction of sp³-hybridized carbons (Fsp3) is 0.368. The van der Waals surface area contributed by atoms with Crippen molar-refractivity contribution in [1.82, 2.24) is 15.2 Å². The molecule has 0 aliphatic carbocycles. The summed E-state index contributed by atoms with van der Waals surface area (Å²) in [7, 11) is 1.96. The monoisotopic (exact) mass is 325 g/mol. The summed E-state index contributed by atoms with van der Waals surface area (Å²) in [5, 5.41) is 3.21. The van der Waals surface area contributed by atoms with Gasteiger partial charge in [-0.15, -0.1) is 0 Å². The summed E-state index contributed by atoms with van der Waals surface area (Å²) in [6.45, 7) is 2.63. The van der Waals surface area contributed by atoms with Gasteiger partial charge >= 0.3 is 0 Å². The molecule has 1 atom stereocenters. The van der Waals surface area contributed by atoms with Crippen LogP contribution in [0.15, 0.2) is 48.8 Å². The number of piperidine rings is 1. The van der Waals surface area contributed by atoms with E-state index in [2.05, 4.69) is 10.3 Å². The van der Waals surface area contributed by atoms with Gasteiger partial charge in [0.05, 0.1) is 6.20 Å². The van der Waals surface area contributed by atoms with E-state index in [1.807, 2.05) is 48.3 Å². The van der Waals surface area contributed by atoms with Crippen molar-refractivity contribution in [3.63, 3.8) is 0 Å². The first-order valence-electron chi connectivity index (χ1n) is 8.38. The molecule has 1 fully saturated rings. The minimum Gasteiger partial charge on any atom is -0.456 e. The van der Waals surface area contributed by atoms with E-state index >= 15 is 0 Å². The van der Waals surface area contributed by atoms with Gasteiger partial charge in [-0.1, -0.05) is 0 Å². The van der Waals surface area contributed by atoms with Crippen molar-refractivity contribution in [2.45, 2.75) is 12.8 Å². The average molecular weight is 325 g/mol. The Hall–Kier alpha value is -2.40. The van der Waals surface area contributed by atoms with Crippen LogP contribution >= 0.6 is 0 Å². The lowest BCUT2D eigenvalue weighted by molar-refractivity contribution is 0.0674. The lowest BCUT2D eigenvalue weighted by Crippen LogP contribution is -2.42. The lowest BCUT2D eigenvalue weighted by atomic mass is 9.97. The van der Waals surface area contributed by atoms with E-state index in [0.717, 1.165) is 26.1 Å². The molecule has 0 unspecified atom stereocenters. The number of carbonyl (C=O) groups excluding carboxylic acids is 1. The van der Waals surface area contributed by atoms with E-state index in [4.69, 9.17) is 4.74 Å². The minimum atomic E-state index is 0.101. The van der Waals surface area contributed by atoms with Crippen LogP contribution in [0.4, 0.5) is 0 Å². The second kappa shape index (κ2) is 7.93. The second-order valence-electron chi connectivity index (χ2n) is 6.13. The third-order valence-corrected chi connectivity index (χ3v) is 4.27. The lowest BCUT2D eigenvalue weighted by Gasteiger charge is -2.32. The first kappa shape index (κ1) is 16.5. The molecule has 0 radical (unpaired) electrons. The Kier molecular flexibility index (Phi) is 5.43. The Morgan fingerprint density at radius 1 is 1.29 bits per heavy atom. The summed E-state index contributed by atoms with van der Waals surface area (Å²) in [4.78, 5) is 18.7. The molecular formula is C19H23N3O2. The molecule has 1 aromatic heterocycles. The van der Waals surface area contributed by atoms with Crippen molar-refractivity contribution in [2.75, 3.05) is 26.7 Å². The Balaban J connectivity index is 1.63. The van der Waals surface area contributed by atoms with Crippen molar-refractivity contribution in [3.8, 4) is 11.5 Å². The maximum atomic E-state index is 12.7. The van der Waals surface area contributed by atoms with E-state index < -0.39 is 0 Å². The summed E-state index contributed by atoms with van der Waals surface area (Å²) < 4.78 is 5.71. The van der Waals surface area contributed by atoms with Gasteiger partial charge in [-0.25, -0.2) is 0 Å². The van der Waals surface area contributed by atoms with Gasteiger partial charge in [-0.2, -0.15) is 0 Å². The van der Waals surface area contributed by atoms with Crippen LogP contribution in [-0.4, -0.2) is 42.5 Å². The highest BCUT2D eigenvalue weighted by molar-refractivity contribution is 5.94. The summed E-state index contributed by atoms with van der Waals surface area (Å²) >= 11 is 0. The number of pyridine rings is 1. The van der Waals surface area contributed by atoms with E-state index in [-0.39, 0.29) is 5.91 Å². The molecule has 1 aromatic carbocycles. The molecule has 2 aromatic rings. The van der Waals surface area contributed by atoms with Gasteiger partial charge in [0, 0.05) is 24.8 Å². The number of nitrogens with one attached hydrogen (secondary N) is 1. The number of amides is 1. The topological polar surface area (TPSA) is 54.5 Å². The molecule has 1 saturated heterocycles. The molecule has 24 heavy (non-hydrogen) atoms. The fourth-order valence-corrected chi connectivity index (χ4v) is 3.10. The number of ether oxygens (including phenoxy) is 1. The molecule has 0 spiro atoms. The van der Waals surface area contributed by atoms with Crippen LogP contribution in [0, 0.1) is 5.92 Å². The SMILES string of the molecule is CNC[C@H]1CCCN(C(=O)c2ccc(Oc3cccnc3)cc2)C1. The maximum absolute atomic E-state index is 12.7. The van der Waals surface area contributed by atoms with Gasteiger partial charge < -0.3 is 15.0 Å². The van der Waals surface area contributed by atoms with Gasteiger partial charge in [0.2, 0.25) is 0 Å². The highest BCUT2D eigenvalue weighted by Gasteiger charge is 2.24. The van der Waals surface area contributed by atoms with Crippen molar-refractivity contribution < 1.29 is 9.53 Å². The van der Waals surface area contributed by atoms with E-state index in [1.54, 1.807) is 12.4 Å². The van der Waals surface area contributed by atoms with Crippen LogP contribution in [0.1, 0.15) is 23.2 Å². The third kappa shape index (κ3) is 4.11. The largest absolute Gasteiger partial charge is 0.456 e. The Bertz CT molecular complexity index is 656. The van der Waals surface area contributed by atoms with Crippen molar-refractivity contribution in [2.24, 2.45) is 5.92 Å². The minimum absolute atomic E-state index is 0.101. The summed E-state index contributed by atoms with van der Waals surface area (Å²) in [5.41, 5.74) is 0.707. The molecule has 0 saturated carbocycles. The predicted octanol–water partition coefficient (Wildman–Crippen LogP) is 2.95. The first-order valence-corrected chi connectivity index (χ1v) is 8.38. The molecule has 1 aliphatic heterocycles. The van der Waals surface area contributed by atoms with Crippen LogP contribution < -0.4 is 10.1 Å². The number of likely N-dealkylation sites (tertiary alicyclic amines) is 1. The van der Waals surface area contributed by atoms with Gasteiger partial charge in [0.1, 0.15) is 11.5 Å². The number of benzene rings is 1. The predicted molar refractivity (Wildman–Crippen MR) is 93.3 cm³/mol. The maximum Gasteiger partial charge on any atom is 0.253 e. The van der Waals surface area contributed by atoms with Crippen LogP contribution in [0.25, 0.3) is 0 Å². The molecule has 1 aliphatic rings.